The van der Waals surface area contributed by atoms with Gasteiger partial charge < -0.3 is 39.9 Å². The van der Waals surface area contributed by atoms with Crippen molar-refractivity contribution in [2.75, 3.05) is 19.8 Å². The average molecular weight is 1050 g/mol. The fourth-order valence-corrected chi connectivity index (χ4v) is 9.49. The Kier molecular flexibility index (Phi) is 46.1. The largest absolute Gasteiger partial charge is 0.472 e. The van der Waals surface area contributed by atoms with Gasteiger partial charge in [0.1, 0.15) is 42.7 Å². The molecule has 12 nitrogen and oxygen atoms in total. The summed E-state index contributed by atoms with van der Waals surface area (Å²) in [5.74, 6) is -0.491. The molecule has 1 rings (SSSR count). The van der Waals surface area contributed by atoms with Crippen LogP contribution in [0.15, 0.2) is 85.1 Å². The van der Waals surface area contributed by atoms with Crippen LogP contribution < -0.4 is 0 Å². The second-order valence-corrected chi connectivity index (χ2v) is 21.2. The van der Waals surface area contributed by atoms with E-state index in [9.17, 15) is 39.8 Å². The van der Waals surface area contributed by atoms with Crippen molar-refractivity contribution in [3.8, 4) is 0 Å². The smallest absolute Gasteiger partial charge is 0.457 e. The van der Waals surface area contributed by atoms with Crippen molar-refractivity contribution in [1.29, 1.82) is 0 Å². The molecule has 6 N–H and O–H groups in total. The highest BCUT2D eigenvalue weighted by molar-refractivity contribution is 7.47. The molecular formula is C60H105O12P. The third kappa shape index (κ3) is 40.4. The van der Waals surface area contributed by atoms with Gasteiger partial charge in [-0.1, -0.05) is 234 Å². The number of phosphoric ester groups is 1. The summed E-state index contributed by atoms with van der Waals surface area (Å²) < 4.78 is 34.4. The Bertz CT molecular complexity index is 1530. The van der Waals surface area contributed by atoms with Crippen LogP contribution in [-0.4, -0.2) is 98.9 Å². The minimum absolute atomic E-state index is 0.109. The van der Waals surface area contributed by atoms with Gasteiger partial charge in [0.25, 0.3) is 0 Å². The normalized spacial score (nSPS) is 21.2. The Morgan fingerprint density at radius 1 is 0.452 bits per heavy atom. The molecule has 0 heterocycles. The van der Waals surface area contributed by atoms with Gasteiger partial charge in [-0.3, -0.25) is 13.8 Å². The van der Waals surface area contributed by atoms with Crippen LogP contribution in [-0.2, 0) is 27.9 Å². The van der Waals surface area contributed by atoms with E-state index < -0.39 is 63.1 Å². The average Bonchev–Trinajstić information content (AvgIpc) is 3.38. The maximum absolute atomic E-state index is 12.9. The zero-order chi connectivity index (χ0) is 53.3. The highest BCUT2D eigenvalue weighted by Gasteiger charge is 2.51. The first kappa shape index (κ1) is 68.5. The molecule has 0 aromatic carbocycles. The van der Waals surface area contributed by atoms with Crippen molar-refractivity contribution in [1.82, 2.24) is 0 Å². The van der Waals surface area contributed by atoms with Crippen LogP contribution in [0.2, 0.25) is 0 Å². The summed E-state index contributed by atoms with van der Waals surface area (Å²) in [5.41, 5.74) is 0. The third-order valence-corrected chi connectivity index (χ3v) is 14.0. The number of rotatable bonds is 49. The first-order chi connectivity index (χ1) is 35.5. The quantitative estimate of drug-likeness (QED) is 0.0146. The van der Waals surface area contributed by atoms with Gasteiger partial charge in [-0.15, -0.1) is 0 Å². The van der Waals surface area contributed by atoms with Crippen LogP contribution in [0.1, 0.15) is 226 Å². The number of aliphatic hydroxyl groups excluding tert-OH is 5. The molecule has 73 heavy (non-hydrogen) atoms. The molecule has 0 spiro atoms. The second-order valence-electron chi connectivity index (χ2n) is 19.8. The first-order valence-corrected chi connectivity index (χ1v) is 30.4. The van der Waals surface area contributed by atoms with Crippen molar-refractivity contribution < 1.29 is 58.3 Å². The topological polar surface area (TPSA) is 192 Å². The van der Waals surface area contributed by atoms with Crippen LogP contribution in [0.3, 0.4) is 0 Å². The van der Waals surface area contributed by atoms with E-state index in [0.29, 0.717) is 13.0 Å². The molecule has 13 heteroatoms. The number of allylic oxidation sites excluding steroid dienone is 14. The van der Waals surface area contributed by atoms with Gasteiger partial charge in [-0.05, 0) is 70.6 Å². The third-order valence-electron chi connectivity index (χ3n) is 13.0. The molecule has 0 amide bonds. The van der Waals surface area contributed by atoms with Gasteiger partial charge in [0.05, 0.1) is 13.2 Å². The van der Waals surface area contributed by atoms with Crippen molar-refractivity contribution in [3.05, 3.63) is 85.1 Å². The minimum Gasteiger partial charge on any atom is -0.457 e. The summed E-state index contributed by atoms with van der Waals surface area (Å²) >= 11 is 0. The Morgan fingerprint density at radius 3 is 1.21 bits per heavy atom. The van der Waals surface area contributed by atoms with E-state index >= 15 is 0 Å². The lowest BCUT2D eigenvalue weighted by Crippen LogP contribution is -2.64. The fourth-order valence-electron chi connectivity index (χ4n) is 8.51. The summed E-state index contributed by atoms with van der Waals surface area (Å²) in [5, 5.41) is 50.4. The Labute approximate surface area is 443 Å². The lowest BCUT2D eigenvalue weighted by Gasteiger charge is -2.41. The van der Waals surface area contributed by atoms with Gasteiger partial charge in [0.2, 0.25) is 0 Å². The van der Waals surface area contributed by atoms with Crippen molar-refractivity contribution in [3.63, 3.8) is 0 Å². The van der Waals surface area contributed by atoms with Crippen LogP contribution >= 0.6 is 7.82 Å². The molecule has 0 aromatic heterocycles. The number of esters is 1. The second kappa shape index (κ2) is 49.1. The van der Waals surface area contributed by atoms with Gasteiger partial charge in [-0.25, -0.2) is 4.57 Å². The number of hydrogen-bond acceptors (Lipinski definition) is 11. The lowest BCUT2D eigenvalue weighted by atomic mass is 9.85. The molecule has 0 bridgehead atoms. The first-order valence-electron chi connectivity index (χ1n) is 28.9. The molecular weight excluding hydrogens is 944 g/mol. The molecule has 1 saturated carbocycles. The molecule has 0 aromatic rings. The number of ether oxygens (including phenoxy) is 2. The van der Waals surface area contributed by atoms with Gasteiger partial charge in [0, 0.05) is 13.0 Å². The van der Waals surface area contributed by atoms with Crippen molar-refractivity contribution in [2.24, 2.45) is 0 Å². The van der Waals surface area contributed by atoms with Crippen LogP contribution in [0.25, 0.3) is 0 Å². The van der Waals surface area contributed by atoms with E-state index in [-0.39, 0.29) is 13.0 Å². The van der Waals surface area contributed by atoms with Gasteiger partial charge >= 0.3 is 13.8 Å². The van der Waals surface area contributed by atoms with Crippen LogP contribution in [0.5, 0.6) is 0 Å². The zero-order valence-corrected chi connectivity index (χ0v) is 46.6. The van der Waals surface area contributed by atoms with E-state index in [4.69, 9.17) is 18.5 Å². The number of carbonyl (C=O) groups excluding carboxylic acids is 1. The summed E-state index contributed by atoms with van der Waals surface area (Å²) in [6, 6.07) is 0. The van der Waals surface area contributed by atoms with E-state index in [1.165, 1.54) is 116 Å². The van der Waals surface area contributed by atoms with Gasteiger partial charge in [-0.2, -0.15) is 0 Å². The molecule has 6 atom stereocenters. The summed E-state index contributed by atoms with van der Waals surface area (Å²) in [6.45, 7) is 4.08. The molecule has 1 aliphatic carbocycles. The SMILES string of the molecule is CC/C=C\C/C=C\C/C=C\C/C=C\C/C=C\C/C=C\C/C=C\CCCCOCC(COP(=O)(O)OC1C(O)C(O)C(O)C(O)C1O)OC(=O)CCCCCCCCCCCCCCCCCCCCCCCC. The van der Waals surface area contributed by atoms with E-state index in [1.54, 1.807) is 0 Å². The molecule has 0 radical (unpaired) electrons. The molecule has 0 saturated heterocycles. The number of carbonyl (C=O) groups is 1. The van der Waals surface area contributed by atoms with Crippen LogP contribution in [0.4, 0.5) is 0 Å². The van der Waals surface area contributed by atoms with Crippen molar-refractivity contribution in [2.45, 2.75) is 268 Å². The maximum Gasteiger partial charge on any atom is 0.472 e. The fraction of sp³-hybridized carbons (Fsp3) is 0.750. The standard InChI is InChI=1S/C60H105O12P/c1-3-5-7-9-11-13-15-17-19-21-23-25-27-28-30-32-34-36-38-40-42-44-46-48-50-69-51-53(52-70-73(67,68)72-60-58(65)56(63)55(62)57(64)59(60)66)71-54(61)49-47-45-43-41-39-37-35-33-31-29-26-24-22-20-18-16-14-12-10-8-6-4-2/h5,7,11,13,17,19,23,25,28,30,34,36,40,42,53,55-60,62-66H,3-4,6,8-10,12,14-16,18,20-22,24,26-27,29,31-33,35,37-39,41,43-52H2,1-2H3,(H,67,68)/b7-5-,13-11-,19-17-,25-23-,30-28-,36-34-,42-40-. The molecule has 1 aliphatic rings. The van der Waals surface area contributed by atoms with Crippen LogP contribution in [0, 0.1) is 0 Å². The highest BCUT2D eigenvalue weighted by Crippen LogP contribution is 2.47. The summed E-state index contributed by atoms with van der Waals surface area (Å²) in [6.07, 6.45) is 55.2. The Balaban J connectivity index is 2.33. The Morgan fingerprint density at radius 2 is 0.808 bits per heavy atom. The number of unbranched alkanes of at least 4 members (excludes halogenated alkanes) is 23. The molecule has 6 unspecified atom stereocenters. The predicted molar refractivity (Wildman–Crippen MR) is 299 cm³/mol. The van der Waals surface area contributed by atoms with Gasteiger partial charge in [0.15, 0.2) is 0 Å². The predicted octanol–water partition coefficient (Wildman–Crippen LogP) is 14.0. The number of aliphatic hydroxyl groups is 5. The van der Waals surface area contributed by atoms with E-state index in [2.05, 4.69) is 98.9 Å². The van der Waals surface area contributed by atoms with Crippen molar-refractivity contribution >= 4 is 13.8 Å². The number of hydrogen-bond donors (Lipinski definition) is 6. The highest BCUT2D eigenvalue weighted by atomic mass is 31.2. The lowest BCUT2D eigenvalue weighted by molar-refractivity contribution is -0.220. The summed E-state index contributed by atoms with van der Waals surface area (Å²) in [7, 11) is -5.04. The number of phosphoric acid groups is 1. The molecule has 1 fully saturated rings. The van der Waals surface area contributed by atoms with E-state index in [0.717, 1.165) is 83.5 Å². The minimum atomic E-state index is -5.04. The van der Waals surface area contributed by atoms with E-state index in [1.807, 2.05) is 0 Å². The maximum atomic E-state index is 12.9. The monoisotopic (exact) mass is 1050 g/mol. The molecule has 422 valence electrons. The zero-order valence-electron chi connectivity index (χ0n) is 45.7. The Hall–Kier alpha value is -2.48. The summed E-state index contributed by atoms with van der Waals surface area (Å²) in [4.78, 5) is 23.3. The molecule has 0 aliphatic heterocycles.